The first-order valence-corrected chi connectivity index (χ1v) is 12.9. The molecule has 0 aliphatic heterocycles. The predicted octanol–water partition coefficient (Wildman–Crippen LogP) is 6.24. The monoisotopic (exact) mass is 406 g/mol. The van der Waals surface area contributed by atoms with Crippen LogP contribution in [0.3, 0.4) is 0 Å². The molecule has 0 aliphatic rings. The molecular weight excluding hydrogens is 370 g/mol. The Morgan fingerprint density at radius 2 is 1.46 bits per heavy atom. The van der Waals surface area contributed by atoms with Crippen molar-refractivity contribution >= 4 is 15.0 Å². The Bertz CT molecular complexity index is 609. The highest BCUT2D eigenvalue weighted by Gasteiger charge is 2.41. The van der Waals surface area contributed by atoms with Crippen LogP contribution in [0.5, 0.6) is 0 Å². The zero-order valence-electron chi connectivity index (χ0n) is 17.1. The molecule has 7 heteroatoms. The maximum atomic E-state index is 12.5. The maximum Gasteiger partial charge on any atom is 0.338 e. The van der Waals surface area contributed by atoms with Crippen molar-refractivity contribution in [2.75, 3.05) is 13.3 Å². The molecule has 0 aromatic carbocycles. The van der Waals surface area contributed by atoms with E-state index >= 15 is 0 Å². The first kappa shape index (κ1) is 25.6. The normalized spacial score (nSPS) is 16.9. The van der Waals surface area contributed by atoms with Crippen LogP contribution in [0.15, 0.2) is 34.9 Å². The molecule has 0 saturated heterocycles. The second kappa shape index (κ2) is 12.1. The Morgan fingerprint density at radius 1 is 0.962 bits per heavy atom. The summed E-state index contributed by atoms with van der Waals surface area (Å²) >= 11 is 0. The minimum Gasteiger partial charge on any atom is -0.328 e. The standard InChI is InChI=1S/C19H36O5P2/c1-7-24-25(6,20)19(26(21,22)23)15-14-18(5)13-9-12-17(4)11-8-10-16(2)3/h10,12,14,19H,7-9,11,13,15H2,1-6H3,(H2,21,22,23). The molecule has 26 heavy (non-hydrogen) atoms. The summed E-state index contributed by atoms with van der Waals surface area (Å²) in [5, 5.41) is -1.27. The van der Waals surface area contributed by atoms with Crippen molar-refractivity contribution in [2.24, 2.45) is 0 Å². The fourth-order valence-corrected chi connectivity index (χ4v) is 6.53. The van der Waals surface area contributed by atoms with E-state index < -0.39 is 20.4 Å². The molecular formula is C19H36O5P2. The lowest BCUT2D eigenvalue weighted by Crippen LogP contribution is -2.10. The van der Waals surface area contributed by atoms with Gasteiger partial charge in [-0.05, 0) is 66.7 Å². The van der Waals surface area contributed by atoms with Crippen LogP contribution in [-0.2, 0) is 13.7 Å². The van der Waals surface area contributed by atoms with Crippen LogP contribution in [0.2, 0.25) is 0 Å². The summed E-state index contributed by atoms with van der Waals surface area (Å²) in [4.78, 5) is 19.1. The summed E-state index contributed by atoms with van der Waals surface area (Å²) in [6.07, 6.45) is 10.1. The molecule has 0 bridgehead atoms. The summed E-state index contributed by atoms with van der Waals surface area (Å²) in [6, 6.07) is 0. The average Bonchev–Trinajstić information content (AvgIpc) is 2.45. The molecule has 0 amide bonds. The van der Waals surface area contributed by atoms with E-state index in [9.17, 15) is 18.9 Å². The summed E-state index contributed by atoms with van der Waals surface area (Å²) in [5.74, 6) is 0. The summed E-state index contributed by atoms with van der Waals surface area (Å²) < 4.78 is 29.3. The Balaban J connectivity index is 4.72. The van der Waals surface area contributed by atoms with Crippen LogP contribution < -0.4 is 0 Å². The van der Waals surface area contributed by atoms with Crippen LogP contribution >= 0.6 is 15.0 Å². The fraction of sp³-hybridized carbons (Fsp3) is 0.684. The van der Waals surface area contributed by atoms with Gasteiger partial charge in [-0.2, -0.15) is 0 Å². The Kier molecular flexibility index (Phi) is 11.9. The topological polar surface area (TPSA) is 83.8 Å². The molecule has 0 aromatic heterocycles. The molecule has 0 rings (SSSR count). The predicted molar refractivity (Wildman–Crippen MR) is 111 cm³/mol. The van der Waals surface area contributed by atoms with Gasteiger partial charge in [-0.1, -0.05) is 34.9 Å². The minimum absolute atomic E-state index is 0.0627. The van der Waals surface area contributed by atoms with E-state index in [0.717, 1.165) is 31.3 Å². The van der Waals surface area contributed by atoms with E-state index in [0.29, 0.717) is 0 Å². The quantitative estimate of drug-likeness (QED) is 0.296. The van der Waals surface area contributed by atoms with Gasteiger partial charge in [0.1, 0.15) is 5.40 Å². The van der Waals surface area contributed by atoms with Gasteiger partial charge < -0.3 is 14.3 Å². The second-order valence-corrected chi connectivity index (χ2v) is 12.0. The lowest BCUT2D eigenvalue weighted by molar-refractivity contribution is 0.323. The number of hydrogen-bond acceptors (Lipinski definition) is 3. The number of rotatable bonds is 12. The van der Waals surface area contributed by atoms with Gasteiger partial charge >= 0.3 is 7.60 Å². The third kappa shape index (κ3) is 11.3. The van der Waals surface area contributed by atoms with E-state index in [4.69, 9.17) is 4.52 Å². The molecule has 5 nitrogen and oxygen atoms in total. The molecule has 0 heterocycles. The minimum atomic E-state index is -4.50. The van der Waals surface area contributed by atoms with Crippen molar-refractivity contribution in [2.45, 2.75) is 72.1 Å². The molecule has 0 saturated carbocycles. The first-order chi connectivity index (χ1) is 11.9. The van der Waals surface area contributed by atoms with E-state index in [2.05, 4.69) is 32.9 Å². The number of hydrogen-bond donors (Lipinski definition) is 2. The highest BCUT2D eigenvalue weighted by molar-refractivity contribution is 7.74. The maximum absolute atomic E-state index is 12.5. The number of allylic oxidation sites excluding steroid dienone is 6. The zero-order valence-corrected chi connectivity index (χ0v) is 18.9. The molecule has 2 atom stereocenters. The van der Waals surface area contributed by atoms with Crippen LogP contribution in [-0.4, -0.2) is 28.5 Å². The van der Waals surface area contributed by atoms with Crippen LogP contribution in [0.1, 0.15) is 66.7 Å². The smallest absolute Gasteiger partial charge is 0.328 e. The molecule has 152 valence electrons. The van der Waals surface area contributed by atoms with Gasteiger partial charge in [-0.25, -0.2) is 0 Å². The van der Waals surface area contributed by atoms with Crippen molar-refractivity contribution in [1.82, 2.24) is 0 Å². The molecule has 2 unspecified atom stereocenters. The Labute approximate surface area is 159 Å². The van der Waals surface area contributed by atoms with E-state index in [1.54, 1.807) is 13.0 Å². The van der Waals surface area contributed by atoms with Gasteiger partial charge in [0.2, 0.25) is 7.37 Å². The van der Waals surface area contributed by atoms with Crippen molar-refractivity contribution in [3.63, 3.8) is 0 Å². The summed E-state index contributed by atoms with van der Waals surface area (Å²) in [6.45, 7) is 11.4. The molecule has 0 aliphatic carbocycles. The highest BCUT2D eigenvalue weighted by atomic mass is 31.2. The van der Waals surface area contributed by atoms with E-state index in [1.165, 1.54) is 17.8 Å². The molecule has 0 fully saturated rings. The molecule has 0 aromatic rings. The van der Waals surface area contributed by atoms with E-state index in [-0.39, 0.29) is 13.0 Å². The lowest BCUT2D eigenvalue weighted by Gasteiger charge is -2.24. The van der Waals surface area contributed by atoms with Gasteiger partial charge in [-0.3, -0.25) is 9.13 Å². The fourth-order valence-electron chi connectivity index (χ4n) is 2.59. The molecule has 0 spiro atoms. The SMILES string of the molecule is CCOP(C)(=O)C(CC=C(C)CCC=C(C)CCC=C(C)C)P(=O)(O)O. The van der Waals surface area contributed by atoms with Gasteiger partial charge in [0, 0.05) is 6.66 Å². The zero-order chi connectivity index (χ0) is 20.4. The second-order valence-electron chi connectivity index (χ2n) is 7.09. The third-order valence-electron chi connectivity index (χ3n) is 4.11. The average molecular weight is 406 g/mol. The van der Waals surface area contributed by atoms with Crippen molar-refractivity contribution in [3.05, 3.63) is 34.9 Å². The Hall–Kier alpha value is -0.440. The van der Waals surface area contributed by atoms with Gasteiger partial charge in [0.25, 0.3) is 0 Å². The summed E-state index contributed by atoms with van der Waals surface area (Å²) in [5.41, 5.74) is 3.71. The lowest BCUT2D eigenvalue weighted by atomic mass is 10.1. The Morgan fingerprint density at radius 3 is 1.92 bits per heavy atom. The molecule has 0 radical (unpaired) electrons. The van der Waals surface area contributed by atoms with Crippen molar-refractivity contribution in [1.29, 1.82) is 0 Å². The first-order valence-electron chi connectivity index (χ1n) is 9.11. The third-order valence-corrected chi connectivity index (χ3v) is 9.33. The van der Waals surface area contributed by atoms with Crippen LogP contribution in [0.25, 0.3) is 0 Å². The van der Waals surface area contributed by atoms with Crippen LogP contribution in [0.4, 0.5) is 0 Å². The largest absolute Gasteiger partial charge is 0.338 e. The van der Waals surface area contributed by atoms with Crippen molar-refractivity contribution in [3.8, 4) is 0 Å². The van der Waals surface area contributed by atoms with Crippen molar-refractivity contribution < 1.29 is 23.4 Å². The van der Waals surface area contributed by atoms with Gasteiger partial charge in [0.15, 0.2) is 0 Å². The molecule has 2 N–H and O–H groups in total. The van der Waals surface area contributed by atoms with E-state index in [1.807, 2.05) is 6.92 Å². The summed E-state index contributed by atoms with van der Waals surface area (Å²) in [7, 11) is -7.86. The van der Waals surface area contributed by atoms with Gasteiger partial charge in [0.05, 0.1) is 6.61 Å². The van der Waals surface area contributed by atoms with Crippen LogP contribution in [0, 0.1) is 0 Å². The highest BCUT2D eigenvalue weighted by Crippen LogP contribution is 2.64. The van der Waals surface area contributed by atoms with Gasteiger partial charge in [-0.15, -0.1) is 0 Å².